The Balaban J connectivity index is 1.51. The molecule has 0 aliphatic carbocycles. The van der Waals surface area contributed by atoms with Crippen molar-refractivity contribution < 1.29 is 9.64 Å². The summed E-state index contributed by atoms with van der Waals surface area (Å²) in [6, 6.07) is 16.8. The number of ether oxygens (including phenoxy) is 1. The highest BCUT2D eigenvalue weighted by Gasteiger charge is 2.52. The topological polar surface area (TPSA) is 29.3 Å². The molecule has 3 aliphatic rings. The van der Waals surface area contributed by atoms with Crippen LogP contribution in [0.4, 0.5) is 0 Å². The molecular formula is C23H27ClN3O+. The van der Waals surface area contributed by atoms with Crippen LogP contribution in [0, 0.1) is 0 Å². The van der Waals surface area contributed by atoms with E-state index in [1.165, 1.54) is 18.5 Å². The summed E-state index contributed by atoms with van der Waals surface area (Å²) < 4.78 is 6.69. The number of likely N-dealkylation sites (tertiary alicyclic amines) is 1. The molecule has 1 fully saturated rings. The van der Waals surface area contributed by atoms with Crippen molar-refractivity contribution in [2.24, 2.45) is 5.10 Å². The number of hydrogen-bond donors (Lipinski definition) is 1. The molecule has 1 N–H and O–H groups in total. The van der Waals surface area contributed by atoms with E-state index >= 15 is 0 Å². The number of halogens is 1. The SMILES string of the molecule is CCC[NH+]1CCC2(CC1)Oc1ccccc1[C@H]1CC(c3ccc(Cl)cc3)=NN12. The number of hydrazone groups is 1. The average molecular weight is 397 g/mol. The van der Waals surface area contributed by atoms with E-state index in [1.54, 1.807) is 4.90 Å². The maximum absolute atomic E-state index is 6.69. The fourth-order valence-corrected chi connectivity index (χ4v) is 5.10. The molecule has 5 heteroatoms. The van der Waals surface area contributed by atoms with Crippen LogP contribution in [0.3, 0.4) is 0 Å². The summed E-state index contributed by atoms with van der Waals surface area (Å²) in [5.41, 5.74) is 3.22. The van der Waals surface area contributed by atoms with Crippen LogP contribution in [0.25, 0.3) is 0 Å². The Labute approximate surface area is 171 Å². The molecule has 0 bridgehead atoms. The van der Waals surface area contributed by atoms with Crippen LogP contribution in [0.2, 0.25) is 5.02 Å². The highest BCUT2D eigenvalue weighted by atomic mass is 35.5. The van der Waals surface area contributed by atoms with Crippen LogP contribution in [0.15, 0.2) is 53.6 Å². The van der Waals surface area contributed by atoms with Crippen LogP contribution >= 0.6 is 11.6 Å². The van der Waals surface area contributed by atoms with Crippen molar-refractivity contribution in [2.75, 3.05) is 19.6 Å². The molecule has 0 amide bonds. The molecule has 0 aromatic heterocycles. The van der Waals surface area contributed by atoms with Gasteiger partial charge in [-0.15, -0.1) is 0 Å². The second-order valence-corrected chi connectivity index (χ2v) is 8.64. The van der Waals surface area contributed by atoms with Gasteiger partial charge in [0.05, 0.1) is 44.2 Å². The Hall–Kier alpha value is -2.04. The van der Waals surface area contributed by atoms with Gasteiger partial charge in [0.15, 0.2) is 0 Å². The summed E-state index contributed by atoms with van der Waals surface area (Å²) in [4.78, 5) is 1.69. The van der Waals surface area contributed by atoms with Crippen LogP contribution in [-0.4, -0.2) is 36.1 Å². The first-order valence-corrected chi connectivity index (χ1v) is 10.8. The second-order valence-electron chi connectivity index (χ2n) is 8.20. The molecular weight excluding hydrogens is 370 g/mol. The zero-order valence-electron chi connectivity index (χ0n) is 16.3. The Kier molecular flexibility index (Phi) is 4.56. The summed E-state index contributed by atoms with van der Waals surface area (Å²) in [6.07, 6.45) is 4.18. The molecule has 2 aromatic carbocycles. The average Bonchev–Trinajstić information content (AvgIpc) is 3.17. The van der Waals surface area contributed by atoms with Gasteiger partial charge in [0, 0.05) is 17.0 Å². The Morgan fingerprint density at radius 1 is 1.14 bits per heavy atom. The van der Waals surface area contributed by atoms with Crippen LogP contribution < -0.4 is 9.64 Å². The summed E-state index contributed by atoms with van der Waals surface area (Å²) in [5, 5.41) is 8.18. The van der Waals surface area contributed by atoms with Gasteiger partial charge in [-0.2, -0.15) is 5.10 Å². The number of benzene rings is 2. The van der Waals surface area contributed by atoms with Crippen molar-refractivity contribution in [3.8, 4) is 5.75 Å². The van der Waals surface area contributed by atoms with E-state index in [4.69, 9.17) is 21.4 Å². The first-order chi connectivity index (χ1) is 13.7. The van der Waals surface area contributed by atoms with E-state index in [9.17, 15) is 0 Å². The molecule has 146 valence electrons. The van der Waals surface area contributed by atoms with Crippen LogP contribution in [0.1, 0.15) is 49.8 Å². The lowest BCUT2D eigenvalue weighted by molar-refractivity contribution is -0.908. The van der Waals surface area contributed by atoms with Crippen molar-refractivity contribution in [2.45, 2.75) is 44.4 Å². The summed E-state index contributed by atoms with van der Waals surface area (Å²) >= 11 is 6.09. The molecule has 0 saturated carbocycles. The molecule has 1 saturated heterocycles. The van der Waals surface area contributed by atoms with Gasteiger partial charge in [0.2, 0.25) is 5.72 Å². The van der Waals surface area contributed by atoms with Gasteiger partial charge >= 0.3 is 0 Å². The van der Waals surface area contributed by atoms with Crippen molar-refractivity contribution in [1.29, 1.82) is 0 Å². The zero-order valence-corrected chi connectivity index (χ0v) is 17.1. The van der Waals surface area contributed by atoms with Gasteiger partial charge in [-0.1, -0.05) is 48.9 Å². The Morgan fingerprint density at radius 3 is 2.64 bits per heavy atom. The zero-order chi connectivity index (χ0) is 19.1. The van der Waals surface area contributed by atoms with E-state index < -0.39 is 0 Å². The fourth-order valence-electron chi connectivity index (χ4n) is 4.97. The molecule has 1 spiro atoms. The molecule has 1 atom stereocenters. The van der Waals surface area contributed by atoms with Gasteiger partial charge in [-0.25, -0.2) is 5.01 Å². The molecule has 0 unspecified atom stereocenters. The monoisotopic (exact) mass is 396 g/mol. The predicted molar refractivity (Wildman–Crippen MR) is 112 cm³/mol. The maximum atomic E-state index is 6.69. The van der Waals surface area contributed by atoms with Gasteiger partial charge in [0.25, 0.3) is 0 Å². The highest BCUT2D eigenvalue weighted by molar-refractivity contribution is 6.30. The molecule has 28 heavy (non-hydrogen) atoms. The third-order valence-electron chi connectivity index (χ3n) is 6.43. The van der Waals surface area contributed by atoms with Gasteiger partial charge in [0.1, 0.15) is 5.75 Å². The minimum absolute atomic E-state index is 0.253. The first kappa shape index (κ1) is 18.0. The minimum Gasteiger partial charge on any atom is -0.466 e. The number of hydrogen-bond acceptors (Lipinski definition) is 3. The van der Waals surface area contributed by atoms with Crippen molar-refractivity contribution in [1.82, 2.24) is 5.01 Å². The number of quaternary nitrogens is 1. The number of rotatable bonds is 3. The number of nitrogens with zero attached hydrogens (tertiary/aromatic N) is 2. The van der Waals surface area contributed by atoms with E-state index in [1.807, 2.05) is 12.1 Å². The maximum Gasteiger partial charge on any atom is 0.208 e. The van der Waals surface area contributed by atoms with Crippen molar-refractivity contribution in [3.63, 3.8) is 0 Å². The molecule has 3 heterocycles. The fraction of sp³-hybridized carbons (Fsp3) is 0.435. The van der Waals surface area contributed by atoms with E-state index in [0.29, 0.717) is 0 Å². The number of piperidine rings is 1. The van der Waals surface area contributed by atoms with E-state index in [0.717, 1.165) is 54.4 Å². The van der Waals surface area contributed by atoms with Crippen LogP contribution in [0.5, 0.6) is 5.75 Å². The van der Waals surface area contributed by atoms with Crippen molar-refractivity contribution >= 4 is 17.3 Å². The third kappa shape index (κ3) is 2.99. The minimum atomic E-state index is -0.315. The smallest absolute Gasteiger partial charge is 0.208 e. The predicted octanol–water partition coefficient (Wildman–Crippen LogP) is 3.67. The Bertz CT molecular complexity index is 887. The quantitative estimate of drug-likeness (QED) is 0.857. The van der Waals surface area contributed by atoms with Gasteiger partial charge in [-0.3, -0.25) is 0 Å². The third-order valence-corrected chi connectivity index (χ3v) is 6.68. The van der Waals surface area contributed by atoms with Crippen molar-refractivity contribution in [3.05, 3.63) is 64.7 Å². The second kappa shape index (κ2) is 7.09. The number of para-hydroxylation sites is 1. The summed E-state index contributed by atoms with van der Waals surface area (Å²) in [6.45, 7) is 5.80. The normalized spacial score (nSPS) is 28.5. The molecule has 4 nitrogen and oxygen atoms in total. The van der Waals surface area contributed by atoms with E-state index in [2.05, 4.69) is 48.3 Å². The lowest BCUT2D eigenvalue weighted by Crippen LogP contribution is -3.14. The largest absolute Gasteiger partial charge is 0.466 e. The van der Waals surface area contributed by atoms with Gasteiger partial charge < -0.3 is 9.64 Å². The van der Waals surface area contributed by atoms with Gasteiger partial charge in [-0.05, 0) is 30.2 Å². The molecule has 2 aromatic rings. The lowest BCUT2D eigenvalue weighted by Gasteiger charge is -2.50. The first-order valence-electron chi connectivity index (χ1n) is 10.4. The lowest BCUT2D eigenvalue weighted by atomic mass is 9.90. The summed E-state index contributed by atoms with van der Waals surface area (Å²) in [5.74, 6) is 1.04. The molecule has 5 rings (SSSR count). The van der Waals surface area contributed by atoms with Crippen LogP contribution in [-0.2, 0) is 0 Å². The molecule has 3 aliphatic heterocycles. The highest BCUT2D eigenvalue weighted by Crippen LogP contribution is 2.49. The van der Waals surface area contributed by atoms with E-state index in [-0.39, 0.29) is 11.8 Å². The summed E-state index contributed by atoms with van der Waals surface area (Å²) in [7, 11) is 0. The number of fused-ring (bicyclic) bond motifs is 4. The number of nitrogens with one attached hydrogen (secondary N) is 1. The Morgan fingerprint density at radius 2 is 1.89 bits per heavy atom. The molecule has 0 radical (unpaired) electrons. The standard InChI is InChI=1S/C23H26ClN3O/c1-2-13-26-14-11-23(12-15-26)27-21(19-5-3-4-6-22(19)28-23)16-20(25-27)17-7-9-18(24)10-8-17/h3-10,21H,2,11-16H2,1H3/p+1/t21-/m1/s1.